The molecule has 1 atom stereocenters. The third-order valence-corrected chi connectivity index (χ3v) is 5.38. The quantitative estimate of drug-likeness (QED) is 0.573. The summed E-state index contributed by atoms with van der Waals surface area (Å²) >= 11 is 5.77. The fourth-order valence-electron chi connectivity index (χ4n) is 3.62. The molecule has 1 saturated heterocycles. The number of carbonyl (C=O) groups is 1. The average Bonchev–Trinajstić information content (AvgIpc) is 3.24. The van der Waals surface area contributed by atoms with E-state index in [0.29, 0.717) is 12.5 Å². The van der Waals surface area contributed by atoms with Crippen LogP contribution in [0, 0.1) is 11.6 Å². The molecule has 1 aromatic heterocycles. The summed E-state index contributed by atoms with van der Waals surface area (Å²) in [6.45, 7) is 0.485. The van der Waals surface area contributed by atoms with Crippen molar-refractivity contribution in [3.63, 3.8) is 0 Å². The molecule has 1 aliphatic heterocycles. The lowest BCUT2D eigenvalue weighted by Crippen LogP contribution is -2.26. The van der Waals surface area contributed by atoms with E-state index in [9.17, 15) is 18.7 Å². The minimum Gasteiger partial charge on any atom is -0.487 e. The first-order valence-corrected chi connectivity index (χ1v) is 9.99. The Morgan fingerprint density at radius 1 is 1.26 bits per heavy atom. The summed E-state index contributed by atoms with van der Waals surface area (Å²) in [5, 5.41) is 9.40. The topological polar surface area (TPSA) is 75.5 Å². The molecule has 1 N–H and O–H groups in total. The van der Waals surface area contributed by atoms with Crippen molar-refractivity contribution in [2.75, 3.05) is 11.4 Å². The van der Waals surface area contributed by atoms with Gasteiger partial charge in [0.1, 0.15) is 29.6 Å². The van der Waals surface area contributed by atoms with Crippen molar-refractivity contribution in [3.8, 4) is 5.75 Å². The van der Waals surface area contributed by atoms with Gasteiger partial charge in [0.2, 0.25) is 5.95 Å². The summed E-state index contributed by atoms with van der Waals surface area (Å²) < 4.78 is 32.6. The maximum absolute atomic E-state index is 13.7. The van der Waals surface area contributed by atoms with E-state index in [1.54, 1.807) is 6.07 Å². The number of hydrogen-bond acceptors (Lipinski definition) is 5. The number of nitrogens with zero attached hydrogens (tertiary/aromatic N) is 3. The average molecular weight is 446 g/mol. The number of ether oxygens (including phenoxy) is 1. The molecule has 0 saturated carbocycles. The van der Waals surface area contributed by atoms with Crippen LogP contribution in [0.4, 0.5) is 14.7 Å². The lowest BCUT2D eigenvalue weighted by Gasteiger charge is -2.25. The number of halogens is 3. The first-order valence-electron chi connectivity index (χ1n) is 9.61. The smallest absolute Gasteiger partial charge is 0.339 e. The third kappa shape index (κ3) is 4.59. The predicted octanol–water partition coefficient (Wildman–Crippen LogP) is 5.03. The molecule has 1 aliphatic rings. The van der Waals surface area contributed by atoms with Gasteiger partial charge in [-0.1, -0.05) is 23.7 Å². The summed E-state index contributed by atoms with van der Waals surface area (Å²) in [4.78, 5) is 22.2. The zero-order chi connectivity index (χ0) is 22.0. The Labute approximate surface area is 182 Å². The van der Waals surface area contributed by atoms with Crippen molar-refractivity contribution in [1.82, 2.24) is 9.97 Å². The van der Waals surface area contributed by atoms with Gasteiger partial charge in [-0.2, -0.15) is 0 Å². The molecule has 4 rings (SSSR count). The number of anilines is 1. The Balaban J connectivity index is 1.61. The van der Waals surface area contributed by atoms with Crippen LogP contribution in [0.2, 0.25) is 5.02 Å². The summed E-state index contributed by atoms with van der Waals surface area (Å²) in [5.74, 6) is -1.47. The number of benzene rings is 2. The molecular weight excluding hydrogens is 428 g/mol. The summed E-state index contributed by atoms with van der Waals surface area (Å²) in [6.07, 6.45) is 2.90. The molecule has 2 heterocycles. The second-order valence-electron chi connectivity index (χ2n) is 7.11. The fraction of sp³-hybridized carbons (Fsp3) is 0.227. The minimum atomic E-state index is -1.19. The molecule has 0 spiro atoms. The van der Waals surface area contributed by atoms with Crippen LogP contribution in [-0.4, -0.2) is 27.6 Å². The van der Waals surface area contributed by atoms with Crippen LogP contribution < -0.4 is 9.64 Å². The van der Waals surface area contributed by atoms with Gasteiger partial charge in [0, 0.05) is 18.8 Å². The summed E-state index contributed by atoms with van der Waals surface area (Å²) in [7, 11) is 0. The molecule has 160 valence electrons. The van der Waals surface area contributed by atoms with Crippen LogP contribution in [-0.2, 0) is 6.61 Å². The van der Waals surface area contributed by atoms with Gasteiger partial charge in [0.25, 0.3) is 0 Å². The zero-order valence-electron chi connectivity index (χ0n) is 16.3. The molecule has 0 aliphatic carbocycles. The molecule has 0 radical (unpaired) electrons. The number of rotatable bonds is 6. The normalized spacial score (nSPS) is 15.8. The minimum absolute atomic E-state index is 0.0986. The van der Waals surface area contributed by atoms with Crippen molar-refractivity contribution in [3.05, 3.63) is 82.1 Å². The van der Waals surface area contributed by atoms with Crippen LogP contribution >= 0.6 is 11.6 Å². The molecule has 31 heavy (non-hydrogen) atoms. The molecular formula is C22H18ClF2N3O3. The van der Waals surface area contributed by atoms with E-state index in [0.717, 1.165) is 24.5 Å². The van der Waals surface area contributed by atoms with Crippen molar-refractivity contribution < 1.29 is 23.4 Å². The monoisotopic (exact) mass is 445 g/mol. The fourth-order valence-corrected chi connectivity index (χ4v) is 3.79. The molecule has 3 aromatic rings. The number of aromatic carboxylic acids is 1. The number of aromatic nitrogens is 2. The largest absolute Gasteiger partial charge is 0.487 e. The SMILES string of the molecule is O=C(O)c1cnc(N2CCC[C@@H]2c2cccc(F)c2)nc1COc1ccc(F)c(Cl)c1. The molecule has 0 unspecified atom stereocenters. The van der Waals surface area contributed by atoms with Gasteiger partial charge in [0.05, 0.1) is 16.8 Å². The third-order valence-electron chi connectivity index (χ3n) is 5.10. The van der Waals surface area contributed by atoms with Crippen LogP contribution in [0.15, 0.2) is 48.7 Å². The Morgan fingerprint density at radius 2 is 2.10 bits per heavy atom. The van der Waals surface area contributed by atoms with Gasteiger partial charge in [-0.05, 0) is 42.7 Å². The predicted molar refractivity (Wildman–Crippen MR) is 110 cm³/mol. The highest BCUT2D eigenvalue weighted by atomic mass is 35.5. The highest BCUT2D eigenvalue weighted by Gasteiger charge is 2.29. The van der Waals surface area contributed by atoms with E-state index in [2.05, 4.69) is 9.97 Å². The Kier molecular flexibility index (Phi) is 5.99. The summed E-state index contributed by atoms with van der Waals surface area (Å²) in [6, 6.07) is 10.1. The van der Waals surface area contributed by atoms with E-state index in [1.807, 2.05) is 11.0 Å². The highest BCUT2D eigenvalue weighted by Crippen LogP contribution is 2.35. The molecule has 1 fully saturated rings. The van der Waals surface area contributed by atoms with Gasteiger partial charge in [-0.25, -0.2) is 23.5 Å². The first-order chi connectivity index (χ1) is 14.9. The van der Waals surface area contributed by atoms with Crippen LogP contribution in [0.25, 0.3) is 0 Å². The van der Waals surface area contributed by atoms with E-state index in [-0.39, 0.29) is 40.5 Å². The van der Waals surface area contributed by atoms with Crippen molar-refractivity contribution in [2.45, 2.75) is 25.5 Å². The van der Waals surface area contributed by atoms with E-state index in [1.165, 1.54) is 30.5 Å². The van der Waals surface area contributed by atoms with Crippen LogP contribution in [0.5, 0.6) is 5.75 Å². The molecule has 6 nitrogen and oxygen atoms in total. The highest BCUT2D eigenvalue weighted by molar-refractivity contribution is 6.30. The second-order valence-corrected chi connectivity index (χ2v) is 7.51. The Bertz CT molecular complexity index is 1130. The lowest BCUT2D eigenvalue weighted by molar-refractivity contribution is 0.0692. The maximum atomic E-state index is 13.7. The van der Waals surface area contributed by atoms with Crippen LogP contribution in [0.1, 0.15) is 40.5 Å². The standard InChI is InChI=1S/C22H18ClF2N3O3/c23-17-10-15(6-7-18(17)25)31-12-19-16(21(29)30)11-26-22(27-19)28-8-2-5-20(28)13-3-1-4-14(24)9-13/h1,3-4,6-7,9-11,20H,2,5,8,12H2,(H,29,30)/t20-/m1/s1. The maximum Gasteiger partial charge on any atom is 0.339 e. The second kappa shape index (κ2) is 8.85. The summed E-state index contributed by atoms with van der Waals surface area (Å²) in [5.41, 5.74) is 0.878. The van der Waals surface area contributed by atoms with Gasteiger partial charge < -0.3 is 14.7 Å². The zero-order valence-corrected chi connectivity index (χ0v) is 17.0. The van der Waals surface area contributed by atoms with Crippen molar-refractivity contribution in [1.29, 1.82) is 0 Å². The lowest BCUT2D eigenvalue weighted by atomic mass is 10.0. The first kappa shape index (κ1) is 21.0. The van der Waals surface area contributed by atoms with E-state index < -0.39 is 11.8 Å². The van der Waals surface area contributed by atoms with E-state index >= 15 is 0 Å². The molecule has 0 amide bonds. The number of hydrogen-bond donors (Lipinski definition) is 1. The Hall–Kier alpha value is -3.26. The molecule has 0 bridgehead atoms. The number of carboxylic acid groups (broad SMARTS) is 1. The molecule has 2 aromatic carbocycles. The van der Waals surface area contributed by atoms with Crippen molar-refractivity contribution in [2.24, 2.45) is 0 Å². The number of carboxylic acids is 1. The van der Waals surface area contributed by atoms with Crippen LogP contribution in [0.3, 0.4) is 0 Å². The van der Waals surface area contributed by atoms with Gasteiger partial charge in [-0.15, -0.1) is 0 Å². The van der Waals surface area contributed by atoms with Gasteiger partial charge >= 0.3 is 5.97 Å². The van der Waals surface area contributed by atoms with Crippen molar-refractivity contribution >= 4 is 23.5 Å². The van der Waals surface area contributed by atoms with E-state index in [4.69, 9.17) is 16.3 Å². The van der Waals surface area contributed by atoms with Gasteiger partial charge in [0.15, 0.2) is 0 Å². The van der Waals surface area contributed by atoms with Gasteiger partial charge in [-0.3, -0.25) is 0 Å². The Morgan fingerprint density at radius 3 is 2.84 bits per heavy atom. The molecule has 9 heteroatoms.